The van der Waals surface area contributed by atoms with Crippen molar-refractivity contribution in [1.29, 1.82) is 0 Å². The van der Waals surface area contributed by atoms with Gasteiger partial charge in [0.1, 0.15) is 5.82 Å². The number of benzene rings is 1. The van der Waals surface area contributed by atoms with Crippen molar-refractivity contribution in [2.75, 3.05) is 37.7 Å². The van der Waals surface area contributed by atoms with E-state index in [9.17, 15) is 4.39 Å². The number of anilines is 1. The number of nitrogens with zero attached hydrogens (tertiary/aromatic N) is 1. The van der Waals surface area contributed by atoms with Gasteiger partial charge in [-0.2, -0.15) is 0 Å². The molecule has 0 aromatic heterocycles. The molecule has 112 valence electrons. The van der Waals surface area contributed by atoms with E-state index in [0.29, 0.717) is 31.9 Å². The van der Waals surface area contributed by atoms with Crippen LogP contribution in [0.4, 0.5) is 10.1 Å². The predicted molar refractivity (Wildman–Crippen MR) is 77.4 cm³/mol. The summed E-state index contributed by atoms with van der Waals surface area (Å²) in [6, 6.07) is 5.37. The Morgan fingerprint density at radius 1 is 1.40 bits per heavy atom. The van der Waals surface area contributed by atoms with Gasteiger partial charge in [0.25, 0.3) is 0 Å². The van der Waals surface area contributed by atoms with Crippen LogP contribution in [0.25, 0.3) is 0 Å². The number of rotatable bonds is 6. The topological polar surface area (TPSA) is 44.7 Å². The van der Waals surface area contributed by atoms with E-state index in [0.717, 1.165) is 25.2 Å². The van der Waals surface area contributed by atoms with Crippen molar-refractivity contribution in [2.45, 2.75) is 26.0 Å². The van der Waals surface area contributed by atoms with Crippen molar-refractivity contribution in [1.82, 2.24) is 5.32 Å². The Morgan fingerprint density at radius 2 is 2.15 bits per heavy atom. The summed E-state index contributed by atoms with van der Waals surface area (Å²) in [5.41, 5.74) is 1.58. The van der Waals surface area contributed by atoms with Gasteiger partial charge in [-0.05, 0) is 37.6 Å². The molecule has 1 heterocycles. The average molecular weight is 282 g/mol. The Bertz CT molecular complexity index is 420. The van der Waals surface area contributed by atoms with Crippen LogP contribution in [0.2, 0.25) is 0 Å². The number of aliphatic hydroxyl groups is 1. The van der Waals surface area contributed by atoms with Crippen molar-refractivity contribution in [3.63, 3.8) is 0 Å². The lowest BCUT2D eigenvalue weighted by Crippen LogP contribution is -2.36. The lowest BCUT2D eigenvalue weighted by Gasteiger charge is -2.29. The lowest BCUT2D eigenvalue weighted by molar-refractivity contribution is 0.122. The summed E-state index contributed by atoms with van der Waals surface area (Å²) < 4.78 is 19.4. The molecular weight excluding hydrogens is 259 g/mol. The van der Waals surface area contributed by atoms with Gasteiger partial charge in [-0.15, -0.1) is 0 Å². The van der Waals surface area contributed by atoms with Gasteiger partial charge in [-0.3, -0.25) is 0 Å². The van der Waals surface area contributed by atoms with Crippen LogP contribution in [0.5, 0.6) is 0 Å². The first kappa shape index (κ1) is 15.2. The van der Waals surface area contributed by atoms with E-state index in [2.05, 4.69) is 5.32 Å². The van der Waals surface area contributed by atoms with Crippen molar-refractivity contribution in [3.05, 3.63) is 29.6 Å². The number of morpholine rings is 1. The van der Waals surface area contributed by atoms with Crippen LogP contribution in [-0.2, 0) is 11.3 Å². The highest BCUT2D eigenvalue weighted by molar-refractivity contribution is 5.49. The summed E-state index contributed by atoms with van der Waals surface area (Å²) in [7, 11) is 0. The van der Waals surface area contributed by atoms with Crippen LogP contribution in [0.15, 0.2) is 18.2 Å². The molecular formula is C15H23FN2O2. The van der Waals surface area contributed by atoms with Gasteiger partial charge in [0, 0.05) is 19.6 Å². The van der Waals surface area contributed by atoms with Gasteiger partial charge < -0.3 is 20.1 Å². The molecule has 1 aromatic carbocycles. The lowest BCUT2D eigenvalue weighted by atomic mass is 10.1. The molecule has 1 aliphatic rings. The number of nitrogens with one attached hydrogen (secondary N) is 1. The van der Waals surface area contributed by atoms with Crippen molar-refractivity contribution in [2.24, 2.45) is 0 Å². The third kappa shape index (κ3) is 4.44. The molecule has 0 amide bonds. The highest BCUT2D eigenvalue weighted by atomic mass is 19.1. The van der Waals surface area contributed by atoms with E-state index < -0.39 is 0 Å². The largest absolute Gasteiger partial charge is 0.393 e. The molecule has 1 unspecified atom stereocenters. The summed E-state index contributed by atoms with van der Waals surface area (Å²) in [4.78, 5) is 2.02. The maximum atomic E-state index is 14.1. The fourth-order valence-electron chi connectivity index (χ4n) is 2.26. The molecule has 1 atom stereocenters. The molecule has 4 nitrogen and oxygen atoms in total. The van der Waals surface area contributed by atoms with Gasteiger partial charge in [0.05, 0.1) is 25.0 Å². The summed E-state index contributed by atoms with van der Waals surface area (Å²) in [5, 5.41) is 12.4. The second kappa shape index (κ2) is 7.57. The van der Waals surface area contributed by atoms with Crippen LogP contribution >= 0.6 is 0 Å². The molecule has 0 spiro atoms. The van der Waals surface area contributed by atoms with Gasteiger partial charge in [-0.25, -0.2) is 4.39 Å². The van der Waals surface area contributed by atoms with E-state index >= 15 is 0 Å². The number of ether oxygens (including phenoxy) is 1. The number of halogens is 1. The monoisotopic (exact) mass is 282 g/mol. The van der Waals surface area contributed by atoms with E-state index in [-0.39, 0.29) is 11.9 Å². The molecule has 0 aliphatic carbocycles. The van der Waals surface area contributed by atoms with Crippen LogP contribution in [0.1, 0.15) is 18.9 Å². The first-order chi connectivity index (χ1) is 9.66. The fraction of sp³-hybridized carbons (Fsp3) is 0.600. The highest BCUT2D eigenvalue weighted by Crippen LogP contribution is 2.21. The SMILES string of the molecule is CC(O)CCNCc1ccc(N2CCOCC2)c(F)c1. The Labute approximate surface area is 119 Å². The third-order valence-corrected chi connectivity index (χ3v) is 3.43. The summed E-state index contributed by atoms with van der Waals surface area (Å²) in [6.45, 7) is 5.89. The Balaban J connectivity index is 1.88. The maximum Gasteiger partial charge on any atom is 0.146 e. The average Bonchev–Trinajstić information content (AvgIpc) is 2.44. The summed E-state index contributed by atoms with van der Waals surface area (Å²) in [5.74, 6) is -0.179. The zero-order valence-electron chi connectivity index (χ0n) is 11.9. The first-order valence-corrected chi connectivity index (χ1v) is 7.16. The molecule has 1 aliphatic heterocycles. The Morgan fingerprint density at radius 3 is 2.80 bits per heavy atom. The van der Waals surface area contributed by atoms with Gasteiger partial charge >= 0.3 is 0 Å². The standard InChI is InChI=1S/C15H23FN2O2/c1-12(19)4-5-17-11-13-2-3-15(14(16)10-13)18-6-8-20-9-7-18/h2-3,10,12,17,19H,4-9,11H2,1H3. The molecule has 1 saturated heterocycles. The van der Waals surface area contributed by atoms with E-state index in [1.165, 1.54) is 0 Å². The van der Waals surface area contributed by atoms with Crippen molar-refractivity contribution < 1.29 is 14.2 Å². The van der Waals surface area contributed by atoms with Gasteiger partial charge in [-0.1, -0.05) is 6.07 Å². The quantitative estimate of drug-likeness (QED) is 0.777. The van der Waals surface area contributed by atoms with E-state index in [1.807, 2.05) is 17.0 Å². The summed E-state index contributed by atoms with van der Waals surface area (Å²) in [6.07, 6.45) is 0.400. The van der Waals surface area contributed by atoms with Crippen molar-refractivity contribution >= 4 is 5.69 Å². The van der Waals surface area contributed by atoms with E-state index in [1.54, 1.807) is 13.0 Å². The molecule has 0 saturated carbocycles. The summed E-state index contributed by atoms with van der Waals surface area (Å²) >= 11 is 0. The fourth-order valence-corrected chi connectivity index (χ4v) is 2.26. The second-order valence-corrected chi connectivity index (χ2v) is 5.20. The van der Waals surface area contributed by atoms with Crippen LogP contribution < -0.4 is 10.2 Å². The minimum Gasteiger partial charge on any atom is -0.393 e. The zero-order chi connectivity index (χ0) is 14.4. The zero-order valence-corrected chi connectivity index (χ0v) is 11.9. The molecule has 0 radical (unpaired) electrons. The maximum absolute atomic E-state index is 14.1. The highest BCUT2D eigenvalue weighted by Gasteiger charge is 2.15. The predicted octanol–water partition coefficient (Wildman–Crippen LogP) is 1.52. The Kier molecular flexibility index (Phi) is 5.76. The second-order valence-electron chi connectivity index (χ2n) is 5.20. The third-order valence-electron chi connectivity index (χ3n) is 3.43. The van der Waals surface area contributed by atoms with Crippen LogP contribution in [0, 0.1) is 5.82 Å². The molecule has 0 bridgehead atoms. The molecule has 2 rings (SSSR count). The van der Waals surface area contributed by atoms with Crippen molar-refractivity contribution in [3.8, 4) is 0 Å². The minimum atomic E-state index is -0.303. The Hall–Kier alpha value is -1.17. The van der Waals surface area contributed by atoms with Crippen LogP contribution in [-0.4, -0.2) is 44.1 Å². The number of aliphatic hydroxyl groups excluding tert-OH is 1. The van der Waals surface area contributed by atoms with Gasteiger partial charge in [0.2, 0.25) is 0 Å². The minimum absolute atomic E-state index is 0.179. The molecule has 2 N–H and O–H groups in total. The smallest absolute Gasteiger partial charge is 0.146 e. The normalized spacial score (nSPS) is 17.2. The molecule has 1 aromatic rings. The first-order valence-electron chi connectivity index (χ1n) is 7.16. The van der Waals surface area contributed by atoms with E-state index in [4.69, 9.17) is 9.84 Å². The molecule has 5 heteroatoms. The number of hydrogen-bond donors (Lipinski definition) is 2. The van der Waals surface area contributed by atoms with Gasteiger partial charge in [0.15, 0.2) is 0 Å². The molecule has 20 heavy (non-hydrogen) atoms. The molecule has 1 fully saturated rings. The number of hydrogen-bond acceptors (Lipinski definition) is 4. The van der Waals surface area contributed by atoms with Crippen LogP contribution in [0.3, 0.4) is 0 Å².